The Kier molecular flexibility index (Phi) is 5.56. The van der Waals surface area contributed by atoms with Gasteiger partial charge in [-0.3, -0.25) is 9.69 Å². The summed E-state index contributed by atoms with van der Waals surface area (Å²) in [7, 11) is 0. The first-order valence-electron chi connectivity index (χ1n) is 7.54. The highest BCUT2D eigenvalue weighted by Crippen LogP contribution is 2.14. The number of carbonyl (C=O) groups is 3. The third-order valence-electron chi connectivity index (χ3n) is 3.42. The Bertz CT molecular complexity index is 575. The zero-order valence-electron chi connectivity index (χ0n) is 13.2. The molecule has 0 aliphatic carbocycles. The Morgan fingerprint density at radius 2 is 2.00 bits per heavy atom. The Balaban J connectivity index is 1.93. The van der Waals surface area contributed by atoms with Crippen LogP contribution in [-0.4, -0.2) is 48.1 Å². The fourth-order valence-corrected chi connectivity index (χ4v) is 2.16. The van der Waals surface area contributed by atoms with Crippen LogP contribution in [0.25, 0.3) is 0 Å². The van der Waals surface area contributed by atoms with E-state index >= 15 is 0 Å². The van der Waals surface area contributed by atoms with Crippen LogP contribution in [0.5, 0.6) is 5.75 Å². The number of nitrogens with zero attached hydrogens (tertiary/aromatic N) is 1. The summed E-state index contributed by atoms with van der Waals surface area (Å²) in [6.07, 6.45) is -1.45. The topological polar surface area (TPSA) is 84.9 Å². The van der Waals surface area contributed by atoms with Gasteiger partial charge >= 0.3 is 12.0 Å². The molecule has 0 saturated carbocycles. The summed E-state index contributed by atoms with van der Waals surface area (Å²) in [5.74, 6) is -0.617. The van der Waals surface area contributed by atoms with E-state index in [1.165, 1.54) is 6.92 Å². The van der Waals surface area contributed by atoms with Gasteiger partial charge in [-0.05, 0) is 25.5 Å². The van der Waals surface area contributed by atoms with Crippen molar-refractivity contribution in [3.05, 3.63) is 30.3 Å². The highest BCUT2D eigenvalue weighted by Gasteiger charge is 2.33. The molecular weight excluding hydrogens is 300 g/mol. The Morgan fingerprint density at radius 1 is 1.30 bits per heavy atom. The maximum absolute atomic E-state index is 12.2. The Hall–Kier alpha value is -2.57. The standard InChI is InChI=1S/C16H20N2O5/c1-3-13(23-12-7-5-4-6-8-12)15(20)22-11(2)14(19)18-10-9-17-16(18)21/h4-8,11,13H,3,9-10H2,1-2H3,(H,17,21)/t11-,13-/m1/s1. The zero-order chi connectivity index (χ0) is 16.8. The van der Waals surface area contributed by atoms with Gasteiger partial charge in [-0.2, -0.15) is 0 Å². The molecule has 0 aromatic heterocycles. The number of rotatable bonds is 6. The van der Waals surface area contributed by atoms with E-state index in [0.29, 0.717) is 18.7 Å². The SMILES string of the molecule is CC[C@@H](Oc1ccccc1)C(=O)O[C@H](C)C(=O)N1CCNC1=O. The van der Waals surface area contributed by atoms with E-state index in [4.69, 9.17) is 9.47 Å². The van der Waals surface area contributed by atoms with Crippen molar-refractivity contribution >= 4 is 17.9 Å². The second-order valence-corrected chi connectivity index (χ2v) is 5.13. The number of para-hydroxylation sites is 1. The smallest absolute Gasteiger partial charge is 0.348 e. The van der Waals surface area contributed by atoms with Gasteiger partial charge in [0, 0.05) is 13.1 Å². The van der Waals surface area contributed by atoms with Crippen LogP contribution in [0.4, 0.5) is 4.79 Å². The van der Waals surface area contributed by atoms with Gasteiger partial charge in [0.05, 0.1) is 0 Å². The highest BCUT2D eigenvalue weighted by atomic mass is 16.6. The molecule has 2 atom stereocenters. The summed E-state index contributed by atoms with van der Waals surface area (Å²) in [5, 5.41) is 2.53. The molecule has 124 valence electrons. The number of hydrogen-bond acceptors (Lipinski definition) is 5. The first-order chi connectivity index (χ1) is 11.0. The molecule has 1 aliphatic heterocycles. The summed E-state index contributed by atoms with van der Waals surface area (Å²) in [5.41, 5.74) is 0. The van der Waals surface area contributed by atoms with Crippen molar-refractivity contribution in [1.82, 2.24) is 10.2 Å². The van der Waals surface area contributed by atoms with Crippen LogP contribution in [0.1, 0.15) is 20.3 Å². The second kappa shape index (κ2) is 7.62. The van der Waals surface area contributed by atoms with Crippen LogP contribution < -0.4 is 10.1 Å². The quantitative estimate of drug-likeness (QED) is 0.799. The summed E-state index contributed by atoms with van der Waals surface area (Å²) < 4.78 is 10.7. The Morgan fingerprint density at radius 3 is 2.57 bits per heavy atom. The number of nitrogens with one attached hydrogen (secondary N) is 1. The first kappa shape index (κ1) is 16.8. The van der Waals surface area contributed by atoms with Gasteiger partial charge in [0.15, 0.2) is 12.2 Å². The van der Waals surface area contributed by atoms with E-state index in [1.807, 2.05) is 6.07 Å². The molecule has 1 aromatic carbocycles. The molecule has 2 rings (SSSR count). The number of esters is 1. The monoisotopic (exact) mass is 320 g/mol. The van der Waals surface area contributed by atoms with E-state index in [2.05, 4.69) is 5.32 Å². The number of carbonyl (C=O) groups excluding carboxylic acids is 3. The van der Waals surface area contributed by atoms with Crippen molar-refractivity contribution in [2.75, 3.05) is 13.1 Å². The minimum Gasteiger partial charge on any atom is -0.479 e. The molecule has 0 bridgehead atoms. The maximum Gasteiger partial charge on any atom is 0.348 e. The van der Waals surface area contributed by atoms with Crippen molar-refractivity contribution in [3.63, 3.8) is 0 Å². The van der Waals surface area contributed by atoms with Crippen molar-refractivity contribution < 1.29 is 23.9 Å². The number of hydrogen-bond donors (Lipinski definition) is 1. The maximum atomic E-state index is 12.2. The lowest BCUT2D eigenvalue weighted by Gasteiger charge is -2.21. The lowest BCUT2D eigenvalue weighted by Crippen LogP contribution is -2.43. The first-order valence-corrected chi connectivity index (χ1v) is 7.54. The van der Waals surface area contributed by atoms with E-state index in [0.717, 1.165) is 4.90 Å². The number of urea groups is 1. The van der Waals surface area contributed by atoms with Gasteiger partial charge in [-0.15, -0.1) is 0 Å². The lowest BCUT2D eigenvalue weighted by molar-refractivity contribution is -0.163. The summed E-state index contributed by atoms with van der Waals surface area (Å²) in [4.78, 5) is 36.8. The van der Waals surface area contributed by atoms with Crippen LogP contribution in [0.15, 0.2) is 30.3 Å². The van der Waals surface area contributed by atoms with Crippen LogP contribution in [0, 0.1) is 0 Å². The number of amides is 3. The van der Waals surface area contributed by atoms with Crippen LogP contribution >= 0.6 is 0 Å². The van der Waals surface area contributed by atoms with E-state index in [-0.39, 0.29) is 6.54 Å². The predicted molar refractivity (Wildman–Crippen MR) is 81.8 cm³/mol. The average molecular weight is 320 g/mol. The zero-order valence-corrected chi connectivity index (χ0v) is 13.2. The molecular formula is C16H20N2O5. The lowest BCUT2D eigenvalue weighted by atomic mass is 10.2. The third kappa shape index (κ3) is 4.21. The van der Waals surface area contributed by atoms with Crippen LogP contribution in [0.2, 0.25) is 0 Å². The molecule has 7 nitrogen and oxygen atoms in total. The van der Waals surface area contributed by atoms with Crippen molar-refractivity contribution in [2.45, 2.75) is 32.5 Å². The summed E-state index contributed by atoms with van der Waals surface area (Å²) in [6.45, 7) is 3.91. The largest absolute Gasteiger partial charge is 0.479 e. The molecule has 3 amide bonds. The van der Waals surface area contributed by atoms with Gasteiger partial charge in [0.25, 0.3) is 5.91 Å². The van der Waals surface area contributed by atoms with Gasteiger partial charge in [-0.25, -0.2) is 9.59 Å². The fourth-order valence-electron chi connectivity index (χ4n) is 2.16. The molecule has 0 spiro atoms. The molecule has 23 heavy (non-hydrogen) atoms. The van der Waals surface area contributed by atoms with E-state index in [1.54, 1.807) is 31.2 Å². The van der Waals surface area contributed by atoms with Gasteiger partial charge in [-0.1, -0.05) is 25.1 Å². The molecule has 1 saturated heterocycles. The number of benzene rings is 1. The third-order valence-corrected chi connectivity index (χ3v) is 3.42. The molecule has 0 unspecified atom stereocenters. The number of ether oxygens (including phenoxy) is 2. The van der Waals surface area contributed by atoms with E-state index in [9.17, 15) is 14.4 Å². The van der Waals surface area contributed by atoms with E-state index < -0.39 is 30.1 Å². The van der Waals surface area contributed by atoms with Crippen LogP contribution in [0.3, 0.4) is 0 Å². The van der Waals surface area contributed by atoms with Crippen LogP contribution in [-0.2, 0) is 14.3 Å². The summed E-state index contributed by atoms with van der Waals surface area (Å²) >= 11 is 0. The van der Waals surface area contributed by atoms with Gasteiger partial charge in [0.1, 0.15) is 5.75 Å². The van der Waals surface area contributed by atoms with Gasteiger partial charge in [0.2, 0.25) is 0 Å². The molecule has 1 aromatic rings. The molecule has 1 fully saturated rings. The predicted octanol–water partition coefficient (Wildman–Crippen LogP) is 1.33. The number of imide groups is 1. The fraction of sp³-hybridized carbons (Fsp3) is 0.438. The van der Waals surface area contributed by atoms with Crippen molar-refractivity contribution in [2.24, 2.45) is 0 Å². The normalized spacial score (nSPS) is 16.4. The molecule has 0 radical (unpaired) electrons. The minimum absolute atomic E-state index is 0.275. The van der Waals surface area contributed by atoms with Crippen molar-refractivity contribution in [1.29, 1.82) is 0 Å². The average Bonchev–Trinajstić information content (AvgIpc) is 2.98. The summed E-state index contributed by atoms with van der Waals surface area (Å²) in [6, 6.07) is 8.44. The molecule has 7 heteroatoms. The molecule has 1 N–H and O–H groups in total. The highest BCUT2D eigenvalue weighted by molar-refractivity contribution is 5.98. The molecule has 1 heterocycles. The minimum atomic E-state index is -1.04. The molecule has 1 aliphatic rings. The van der Waals surface area contributed by atoms with Crippen molar-refractivity contribution in [3.8, 4) is 5.75 Å². The second-order valence-electron chi connectivity index (χ2n) is 5.13. The Labute approximate surface area is 134 Å². The van der Waals surface area contributed by atoms with Gasteiger partial charge < -0.3 is 14.8 Å².